The summed E-state index contributed by atoms with van der Waals surface area (Å²) in [6.07, 6.45) is 0.853. The Balaban J connectivity index is 1.73. The standard InChI is InChI=1S/C16H22N2O3S3/c1-2-13-5-6-16(23-13)24(19,20)17-12-14(15-4-3-11-22-15)18-7-9-21-10-8-18/h3-6,11,14,17H,2,7-10,12H2,1H3/t14-/m1/s1. The third-order valence-corrected chi connectivity index (χ3v) is 8.19. The Kier molecular flexibility index (Phi) is 6.07. The molecule has 0 spiro atoms. The molecule has 24 heavy (non-hydrogen) atoms. The zero-order valence-electron chi connectivity index (χ0n) is 13.6. The van der Waals surface area contributed by atoms with E-state index in [1.807, 2.05) is 24.4 Å². The summed E-state index contributed by atoms with van der Waals surface area (Å²) in [6, 6.07) is 7.71. The summed E-state index contributed by atoms with van der Waals surface area (Å²) in [6.45, 7) is 5.44. The summed E-state index contributed by atoms with van der Waals surface area (Å²) < 4.78 is 33.8. The molecule has 0 unspecified atom stereocenters. The van der Waals surface area contributed by atoms with Crippen LogP contribution in [0, 0.1) is 0 Å². The smallest absolute Gasteiger partial charge is 0.250 e. The molecule has 132 valence electrons. The minimum absolute atomic E-state index is 0.0503. The molecular formula is C16H22N2O3S3. The molecule has 1 atom stereocenters. The zero-order chi connectivity index (χ0) is 17.0. The average molecular weight is 387 g/mol. The van der Waals surface area contributed by atoms with Crippen molar-refractivity contribution in [3.05, 3.63) is 39.4 Å². The van der Waals surface area contributed by atoms with Gasteiger partial charge in [0.15, 0.2) is 0 Å². The number of aryl methyl sites for hydroxylation is 1. The number of sulfonamides is 1. The third-order valence-electron chi connectivity index (χ3n) is 4.08. The average Bonchev–Trinajstić information content (AvgIpc) is 3.28. The first kappa shape index (κ1) is 18.0. The number of nitrogens with zero attached hydrogens (tertiary/aromatic N) is 1. The van der Waals surface area contributed by atoms with Gasteiger partial charge in [0.05, 0.1) is 19.3 Å². The summed E-state index contributed by atoms with van der Waals surface area (Å²) in [5.41, 5.74) is 0. The fraction of sp³-hybridized carbons (Fsp3) is 0.500. The van der Waals surface area contributed by atoms with Crippen LogP contribution in [0.1, 0.15) is 22.7 Å². The van der Waals surface area contributed by atoms with Gasteiger partial charge in [0.2, 0.25) is 10.0 Å². The van der Waals surface area contributed by atoms with E-state index in [-0.39, 0.29) is 6.04 Å². The molecule has 1 saturated heterocycles. The van der Waals surface area contributed by atoms with E-state index in [9.17, 15) is 8.42 Å². The highest BCUT2D eigenvalue weighted by Gasteiger charge is 2.26. The molecule has 1 aliphatic heterocycles. The molecule has 1 fully saturated rings. The Morgan fingerprint density at radius 2 is 2.08 bits per heavy atom. The van der Waals surface area contributed by atoms with Crippen molar-refractivity contribution >= 4 is 32.7 Å². The van der Waals surface area contributed by atoms with E-state index in [1.54, 1.807) is 17.4 Å². The summed E-state index contributed by atoms with van der Waals surface area (Å²) >= 11 is 3.01. The number of hydrogen-bond acceptors (Lipinski definition) is 6. The molecule has 2 aromatic rings. The minimum Gasteiger partial charge on any atom is -0.379 e. The van der Waals surface area contributed by atoms with Gasteiger partial charge in [0, 0.05) is 29.4 Å². The Hall–Kier alpha value is -0.770. The van der Waals surface area contributed by atoms with E-state index < -0.39 is 10.0 Å². The van der Waals surface area contributed by atoms with E-state index in [2.05, 4.69) is 15.7 Å². The van der Waals surface area contributed by atoms with Crippen molar-refractivity contribution in [3.8, 4) is 0 Å². The van der Waals surface area contributed by atoms with Crippen LogP contribution in [-0.2, 0) is 21.2 Å². The molecule has 0 aliphatic carbocycles. The number of nitrogens with one attached hydrogen (secondary N) is 1. The first-order valence-corrected chi connectivity index (χ1v) is 11.2. The SMILES string of the molecule is CCc1ccc(S(=O)(=O)NC[C@H](c2cccs2)N2CCOCC2)s1. The molecule has 3 heterocycles. The Bertz CT molecular complexity index is 734. The predicted molar refractivity (Wildman–Crippen MR) is 98.3 cm³/mol. The van der Waals surface area contributed by atoms with E-state index in [4.69, 9.17) is 4.74 Å². The lowest BCUT2D eigenvalue weighted by Crippen LogP contribution is -2.43. The maximum atomic E-state index is 12.6. The fourth-order valence-corrected chi connectivity index (χ4v) is 5.97. The molecule has 0 amide bonds. The van der Waals surface area contributed by atoms with E-state index in [1.165, 1.54) is 16.2 Å². The van der Waals surface area contributed by atoms with Crippen LogP contribution >= 0.6 is 22.7 Å². The lowest BCUT2D eigenvalue weighted by Gasteiger charge is -2.34. The van der Waals surface area contributed by atoms with Crippen LogP contribution < -0.4 is 4.72 Å². The highest BCUT2D eigenvalue weighted by atomic mass is 32.2. The monoisotopic (exact) mass is 386 g/mol. The first-order valence-electron chi connectivity index (χ1n) is 8.03. The molecule has 2 aromatic heterocycles. The zero-order valence-corrected chi connectivity index (χ0v) is 16.1. The molecule has 0 aromatic carbocycles. The first-order chi connectivity index (χ1) is 11.6. The van der Waals surface area contributed by atoms with E-state index in [0.29, 0.717) is 24.0 Å². The molecule has 0 saturated carbocycles. The summed E-state index contributed by atoms with van der Waals surface area (Å²) in [5, 5.41) is 2.03. The molecule has 8 heteroatoms. The van der Waals surface area contributed by atoms with Gasteiger partial charge < -0.3 is 4.74 Å². The van der Waals surface area contributed by atoms with Gasteiger partial charge in [-0.15, -0.1) is 22.7 Å². The number of thiophene rings is 2. The lowest BCUT2D eigenvalue weighted by atomic mass is 10.2. The van der Waals surface area contributed by atoms with Crippen molar-refractivity contribution in [2.75, 3.05) is 32.8 Å². The molecule has 0 bridgehead atoms. The van der Waals surface area contributed by atoms with Crippen molar-refractivity contribution in [3.63, 3.8) is 0 Å². The normalized spacial score (nSPS) is 17.9. The van der Waals surface area contributed by atoms with Crippen molar-refractivity contribution in [2.45, 2.75) is 23.6 Å². The van der Waals surface area contributed by atoms with Crippen LogP contribution in [-0.4, -0.2) is 46.2 Å². The van der Waals surface area contributed by atoms with Crippen molar-refractivity contribution in [1.29, 1.82) is 0 Å². The van der Waals surface area contributed by atoms with Gasteiger partial charge in [-0.05, 0) is 30.0 Å². The highest BCUT2D eigenvalue weighted by molar-refractivity contribution is 7.91. The number of hydrogen-bond donors (Lipinski definition) is 1. The Morgan fingerprint density at radius 1 is 1.29 bits per heavy atom. The molecule has 3 rings (SSSR count). The topological polar surface area (TPSA) is 58.6 Å². The summed E-state index contributed by atoms with van der Waals surface area (Å²) in [5.74, 6) is 0. The quantitative estimate of drug-likeness (QED) is 0.795. The molecule has 0 radical (unpaired) electrons. The van der Waals surface area contributed by atoms with Gasteiger partial charge in [-0.2, -0.15) is 0 Å². The van der Waals surface area contributed by atoms with Gasteiger partial charge in [-0.25, -0.2) is 13.1 Å². The fourth-order valence-electron chi connectivity index (χ4n) is 2.73. The number of ether oxygens (including phenoxy) is 1. The molecular weight excluding hydrogens is 364 g/mol. The van der Waals surface area contributed by atoms with Crippen LogP contribution in [0.25, 0.3) is 0 Å². The van der Waals surface area contributed by atoms with Gasteiger partial charge >= 0.3 is 0 Å². The van der Waals surface area contributed by atoms with Crippen LogP contribution in [0.15, 0.2) is 33.9 Å². The molecule has 5 nitrogen and oxygen atoms in total. The van der Waals surface area contributed by atoms with Crippen LogP contribution in [0.2, 0.25) is 0 Å². The second-order valence-electron chi connectivity index (χ2n) is 5.61. The van der Waals surface area contributed by atoms with E-state index in [0.717, 1.165) is 24.4 Å². The second kappa shape index (κ2) is 8.07. The maximum absolute atomic E-state index is 12.6. The van der Waals surface area contributed by atoms with Crippen LogP contribution in [0.5, 0.6) is 0 Å². The minimum atomic E-state index is -3.46. The number of rotatable bonds is 7. The van der Waals surface area contributed by atoms with Gasteiger partial charge in [-0.3, -0.25) is 4.90 Å². The number of morpholine rings is 1. The molecule has 1 aliphatic rings. The Labute approximate surface area is 151 Å². The van der Waals surface area contributed by atoms with Crippen LogP contribution in [0.4, 0.5) is 0 Å². The highest BCUT2D eigenvalue weighted by Crippen LogP contribution is 2.27. The van der Waals surface area contributed by atoms with Gasteiger partial charge in [0.25, 0.3) is 0 Å². The van der Waals surface area contributed by atoms with Crippen molar-refractivity contribution < 1.29 is 13.2 Å². The largest absolute Gasteiger partial charge is 0.379 e. The lowest BCUT2D eigenvalue weighted by molar-refractivity contribution is 0.0179. The van der Waals surface area contributed by atoms with Gasteiger partial charge in [-0.1, -0.05) is 13.0 Å². The van der Waals surface area contributed by atoms with E-state index >= 15 is 0 Å². The van der Waals surface area contributed by atoms with Gasteiger partial charge in [0.1, 0.15) is 4.21 Å². The van der Waals surface area contributed by atoms with Crippen molar-refractivity contribution in [2.24, 2.45) is 0 Å². The third kappa shape index (κ3) is 4.25. The molecule has 1 N–H and O–H groups in total. The Morgan fingerprint density at radius 3 is 2.71 bits per heavy atom. The van der Waals surface area contributed by atoms with Crippen molar-refractivity contribution in [1.82, 2.24) is 9.62 Å². The van der Waals surface area contributed by atoms with Crippen LogP contribution in [0.3, 0.4) is 0 Å². The second-order valence-corrected chi connectivity index (χ2v) is 9.75. The summed E-state index contributed by atoms with van der Waals surface area (Å²) in [7, 11) is -3.46. The summed E-state index contributed by atoms with van der Waals surface area (Å²) in [4.78, 5) is 4.56. The maximum Gasteiger partial charge on any atom is 0.250 e. The predicted octanol–water partition coefficient (Wildman–Crippen LogP) is 2.72.